The molecule has 2 N–H and O–H groups in total. The molecule has 5 nitrogen and oxygen atoms in total. The number of piperidine rings is 2. The van der Waals surface area contributed by atoms with Crippen molar-refractivity contribution in [1.29, 1.82) is 0 Å². The van der Waals surface area contributed by atoms with E-state index < -0.39 is 0 Å². The fourth-order valence-electron chi connectivity index (χ4n) is 3.28. The third kappa shape index (κ3) is 5.80. The van der Waals surface area contributed by atoms with Crippen molar-refractivity contribution in [3.05, 3.63) is 23.9 Å². The Hall–Kier alpha value is -1.04. The number of amides is 1. The molecule has 2 aliphatic heterocycles. The van der Waals surface area contributed by atoms with Crippen LogP contribution in [0.15, 0.2) is 18.3 Å². The maximum atomic E-state index is 12.2. The van der Waals surface area contributed by atoms with Gasteiger partial charge >= 0.3 is 0 Å². The van der Waals surface area contributed by atoms with Crippen LogP contribution in [0, 0.1) is 5.92 Å². The first-order valence-electron chi connectivity index (χ1n) is 8.51. The summed E-state index contributed by atoms with van der Waals surface area (Å²) in [6, 6.07) is 4.11. The van der Waals surface area contributed by atoms with Crippen LogP contribution in [0.2, 0.25) is 0 Å². The van der Waals surface area contributed by atoms with Crippen molar-refractivity contribution in [3.63, 3.8) is 0 Å². The second-order valence-electron chi connectivity index (χ2n) is 6.33. The molecule has 1 aromatic heterocycles. The highest BCUT2D eigenvalue weighted by atomic mass is 35.5. The summed E-state index contributed by atoms with van der Waals surface area (Å²) in [6.07, 6.45) is 7.75. The van der Waals surface area contributed by atoms with Crippen LogP contribution in [-0.4, -0.2) is 37.1 Å². The van der Waals surface area contributed by atoms with Gasteiger partial charge in [-0.05, 0) is 56.3 Å². The highest BCUT2D eigenvalue weighted by Crippen LogP contribution is 2.18. The summed E-state index contributed by atoms with van der Waals surface area (Å²) in [5.41, 5.74) is 1.13. The summed E-state index contributed by atoms with van der Waals surface area (Å²) in [7, 11) is 0. The standard InChI is InChI=1S/C17H26N4O.2ClH/c22-17(15-5-4-7-18-13-15)20-12-14-6-8-19-16(11-14)21-9-2-1-3-10-21;;/h6,8,11,15,18H,1-5,7,9-10,12-13H2,(H,20,22);2*1H. The van der Waals surface area contributed by atoms with E-state index in [2.05, 4.69) is 26.6 Å². The Morgan fingerprint density at radius 3 is 2.75 bits per heavy atom. The average Bonchev–Trinajstić information content (AvgIpc) is 2.61. The number of aromatic nitrogens is 1. The Labute approximate surface area is 156 Å². The van der Waals surface area contributed by atoms with Crippen molar-refractivity contribution in [2.75, 3.05) is 31.1 Å². The summed E-state index contributed by atoms with van der Waals surface area (Å²) < 4.78 is 0. The molecule has 1 aromatic rings. The van der Waals surface area contributed by atoms with Gasteiger partial charge in [-0.2, -0.15) is 0 Å². The molecule has 0 bridgehead atoms. The van der Waals surface area contributed by atoms with Gasteiger partial charge in [0.05, 0.1) is 5.92 Å². The molecule has 1 amide bonds. The van der Waals surface area contributed by atoms with Crippen LogP contribution < -0.4 is 15.5 Å². The number of anilines is 1. The third-order valence-electron chi connectivity index (χ3n) is 4.62. The molecule has 1 atom stereocenters. The molecule has 2 aliphatic rings. The third-order valence-corrected chi connectivity index (χ3v) is 4.62. The fraction of sp³-hybridized carbons (Fsp3) is 0.647. The minimum absolute atomic E-state index is 0. The Balaban J connectivity index is 0.00000144. The van der Waals surface area contributed by atoms with Crippen molar-refractivity contribution >= 4 is 36.5 Å². The molecule has 1 unspecified atom stereocenters. The molecule has 7 heteroatoms. The first-order chi connectivity index (χ1) is 10.8. The molecule has 24 heavy (non-hydrogen) atoms. The van der Waals surface area contributed by atoms with E-state index in [9.17, 15) is 4.79 Å². The minimum Gasteiger partial charge on any atom is -0.357 e. The van der Waals surface area contributed by atoms with Gasteiger partial charge in [-0.1, -0.05) is 0 Å². The van der Waals surface area contributed by atoms with Gasteiger partial charge in [-0.3, -0.25) is 4.79 Å². The number of pyridine rings is 1. The number of nitrogens with zero attached hydrogens (tertiary/aromatic N) is 2. The van der Waals surface area contributed by atoms with Crippen LogP contribution in [0.4, 0.5) is 5.82 Å². The van der Waals surface area contributed by atoms with Gasteiger partial charge in [0, 0.05) is 32.4 Å². The monoisotopic (exact) mass is 374 g/mol. The highest BCUT2D eigenvalue weighted by Gasteiger charge is 2.20. The molecular weight excluding hydrogens is 347 g/mol. The Bertz CT molecular complexity index is 503. The number of halogens is 2. The lowest BCUT2D eigenvalue weighted by Gasteiger charge is -2.28. The van der Waals surface area contributed by atoms with E-state index in [4.69, 9.17) is 0 Å². The summed E-state index contributed by atoms with van der Waals surface area (Å²) in [5, 5.41) is 6.36. The van der Waals surface area contributed by atoms with Gasteiger partial charge in [-0.25, -0.2) is 4.98 Å². The average molecular weight is 375 g/mol. The second-order valence-corrected chi connectivity index (χ2v) is 6.33. The summed E-state index contributed by atoms with van der Waals surface area (Å²) >= 11 is 0. The van der Waals surface area contributed by atoms with Gasteiger partial charge in [0.25, 0.3) is 0 Å². The summed E-state index contributed by atoms with van der Waals surface area (Å²) in [5.74, 6) is 1.34. The normalized spacial score (nSPS) is 20.5. The topological polar surface area (TPSA) is 57.3 Å². The smallest absolute Gasteiger partial charge is 0.224 e. The van der Waals surface area contributed by atoms with Crippen molar-refractivity contribution < 1.29 is 4.79 Å². The summed E-state index contributed by atoms with van der Waals surface area (Å²) in [4.78, 5) is 19.0. The number of rotatable bonds is 4. The van der Waals surface area contributed by atoms with Crippen LogP contribution in [0.1, 0.15) is 37.7 Å². The predicted octanol–water partition coefficient (Wildman–Crippen LogP) is 2.53. The maximum Gasteiger partial charge on any atom is 0.224 e. The Morgan fingerprint density at radius 2 is 2.04 bits per heavy atom. The number of nitrogens with one attached hydrogen (secondary N) is 2. The van der Waals surface area contributed by atoms with Gasteiger partial charge in [0.1, 0.15) is 5.82 Å². The zero-order valence-electron chi connectivity index (χ0n) is 14.0. The van der Waals surface area contributed by atoms with E-state index in [-0.39, 0.29) is 36.6 Å². The zero-order chi connectivity index (χ0) is 15.2. The number of hydrogen-bond donors (Lipinski definition) is 2. The lowest BCUT2D eigenvalue weighted by molar-refractivity contribution is -0.125. The number of carbonyl (C=O) groups excluding carboxylic acids is 1. The molecular formula is C17H28Cl2N4O. The molecule has 3 heterocycles. The van der Waals surface area contributed by atoms with Crippen molar-refractivity contribution in [2.45, 2.75) is 38.6 Å². The minimum atomic E-state index is 0. The molecule has 0 spiro atoms. The molecule has 3 rings (SSSR count). The SMILES string of the molecule is Cl.Cl.O=C(NCc1ccnc(N2CCCCC2)c1)C1CCCNC1. The highest BCUT2D eigenvalue weighted by molar-refractivity contribution is 5.85. The second kappa shape index (κ2) is 10.7. The van der Waals surface area contributed by atoms with E-state index in [0.717, 1.165) is 50.4 Å². The molecule has 2 saturated heterocycles. The van der Waals surface area contributed by atoms with Gasteiger partial charge < -0.3 is 15.5 Å². The molecule has 136 valence electrons. The maximum absolute atomic E-state index is 12.2. The lowest BCUT2D eigenvalue weighted by atomic mass is 9.99. The molecule has 2 fully saturated rings. The van der Waals surface area contributed by atoms with E-state index in [0.29, 0.717) is 6.54 Å². The first-order valence-corrected chi connectivity index (χ1v) is 8.51. The van der Waals surface area contributed by atoms with Gasteiger partial charge in [0.2, 0.25) is 5.91 Å². The largest absolute Gasteiger partial charge is 0.357 e. The van der Waals surface area contributed by atoms with Gasteiger partial charge in [0.15, 0.2) is 0 Å². The molecule has 0 aromatic carbocycles. The van der Waals surface area contributed by atoms with Crippen LogP contribution in [0.3, 0.4) is 0 Å². The molecule has 0 aliphatic carbocycles. The lowest BCUT2D eigenvalue weighted by Crippen LogP contribution is -2.40. The van der Waals surface area contributed by atoms with Crippen molar-refractivity contribution in [3.8, 4) is 0 Å². The molecule has 0 radical (unpaired) electrons. The number of hydrogen-bond acceptors (Lipinski definition) is 4. The Kier molecular flexibility index (Phi) is 9.41. The quantitative estimate of drug-likeness (QED) is 0.849. The first kappa shape index (κ1) is 21.0. The van der Waals surface area contributed by atoms with Crippen LogP contribution >= 0.6 is 24.8 Å². The van der Waals surface area contributed by atoms with Crippen LogP contribution in [-0.2, 0) is 11.3 Å². The Morgan fingerprint density at radius 1 is 1.25 bits per heavy atom. The molecule has 0 saturated carbocycles. The van der Waals surface area contributed by atoms with Crippen LogP contribution in [0.25, 0.3) is 0 Å². The van der Waals surface area contributed by atoms with Gasteiger partial charge in [-0.15, -0.1) is 24.8 Å². The van der Waals surface area contributed by atoms with E-state index in [1.54, 1.807) is 0 Å². The zero-order valence-corrected chi connectivity index (χ0v) is 15.6. The fourth-order valence-corrected chi connectivity index (χ4v) is 3.28. The number of carbonyl (C=O) groups is 1. The van der Waals surface area contributed by atoms with E-state index in [1.807, 2.05) is 12.3 Å². The predicted molar refractivity (Wildman–Crippen MR) is 102 cm³/mol. The summed E-state index contributed by atoms with van der Waals surface area (Å²) in [6.45, 7) is 4.63. The van der Waals surface area contributed by atoms with Crippen molar-refractivity contribution in [1.82, 2.24) is 15.6 Å². The van der Waals surface area contributed by atoms with Crippen LogP contribution in [0.5, 0.6) is 0 Å². The van der Waals surface area contributed by atoms with Crippen molar-refractivity contribution in [2.24, 2.45) is 5.92 Å². The van der Waals surface area contributed by atoms with E-state index in [1.165, 1.54) is 19.3 Å². The van der Waals surface area contributed by atoms with E-state index >= 15 is 0 Å².